The summed E-state index contributed by atoms with van der Waals surface area (Å²) in [5, 5.41) is 28.1. The van der Waals surface area contributed by atoms with Gasteiger partial charge >= 0.3 is 11.9 Å². The molecule has 0 atom stereocenters. The van der Waals surface area contributed by atoms with Crippen molar-refractivity contribution in [2.45, 2.75) is 19.3 Å². The van der Waals surface area contributed by atoms with E-state index < -0.39 is 11.9 Å². The molecule has 0 bridgehead atoms. The predicted molar refractivity (Wildman–Crippen MR) is 128 cm³/mol. The number of hydrogen-bond donors (Lipinski definition) is 2. The van der Waals surface area contributed by atoms with E-state index in [2.05, 4.69) is 16.8 Å². The lowest BCUT2D eigenvalue weighted by molar-refractivity contribution is -0.132. The molecule has 0 saturated heterocycles. The molecule has 4 rings (SSSR count). The average Bonchev–Trinajstić information content (AvgIpc) is 3.27. The number of aliphatic carboxylic acids is 1. The van der Waals surface area contributed by atoms with Gasteiger partial charge in [-0.3, -0.25) is 0 Å². The fourth-order valence-electron chi connectivity index (χ4n) is 3.31. The van der Waals surface area contributed by atoms with Gasteiger partial charge in [0, 0.05) is 17.7 Å². The Hall–Kier alpha value is -4.66. The predicted octanol–water partition coefficient (Wildman–Crippen LogP) is 4.54. The van der Waals surface area contributed by atoms with Gasteiger partial charge in [0.1, 0.15) is 34.0 Å². The molecule has 3 aromatic carbocycles. The van der Waals surface area contributed by atoms with Crippen LogP contribution in [0.15, 0.2) is 78.9 Å². The van der Waals surface area contributed by atoms with E-state index in [1.165, 1.54) is 10.9 Å². The van der Waals surface area contributed by atoms with Gasteiger partial charge in [0.15, 0.2) is 0 Å². The maximum Gasteiger partial charge on any atom is 0.343 e. The number of phenolic OH excluding ortho intramolecular Hbond substituents is 1. The van der Waals surface area contributed by atoms with E-state index in [0.29, 0.717) is 53.9 Å². The summed E-state index contributed by atoms with van der Waals surface area (Å²) in [4.78, 5) is 24.3. The van der Waals surface area contributed by atoms with Crippen molar-refractivity contribution in [1.82, 2.24) is 15.0 Å². The Morgan fingerprint density at radius 2 is 1.66 bits per heavy atom. The first kappa shape index (κ1) is 23.5. The summed E-state index contributed by atoms with van der Waals surface area (Å²) in [6.45, 7) is 3.94. The Morgan fingerprint density at radius 1 is 0.914 bits per heavy atom. The molecule has 2 N–H and O–H groups in total. The standard InChI is InChI=1S/C26H23N3O6/c1-17(25(31)32)7-5-6-14-34-19-10-12-21-22(15-19)28-29(27-21)23-13-11-20(16-24(23)30)35-26(33)18-8-3-2-4-9-18/h2-4,8-13,15-16,30H,1,5-7,14H2,(H,31,32). The van der Waals surface area contributed by atoms with Gasteiger partial charge in [0.05, 0.1) is 12.2 Å². The van der Waals surface area contributed by atoms with Crippen molar-refractivity contribution in [3.63, 3.8) is 0 Å². The first-order valence-corrected chi connectivity index (χ1v) is 10.9. The number of phenols is 1. The van der Waals surface area contributed by atoms with E-state index in [1.54, 1.807) is 60.7 Å². The van der Waals surface area contributed by atoms with Gasteiger partial charge < -0.3 is 19.7 Å². The van der Waals surface area contributed by atoms with Crippen molar-refractivity contribution in [2.24, 2.45) is 0 Å². The van der Waals surface area contributed by atoms with E-state index in [9.17, 15) is 14.7 Å². The quantitative estimate of drug-likeness (QED) is 0.149. The van der Waals surface area contributed by atoms with E-state index in [-0.39, 0.29) is 17.1 Å². The number of nitrogens with zero attached hydrogens (tertiary/aromatic N) is 3. The summed E-state index contributed by atoms with van der Waals surface area (Å²) in [6, 6.07) is 18.3. The molecule has 9 nitrogen and oxygen atoms in total. The van der Waals surface area contributed by atoms with Crippen LogP contribution in [0.1, 0.15) is 29.6 Å². The van der Waals surface area contributed by atoms with Crippen LogP contribution in [0.3, 0.4) is 0 Å². The first-order chi connectivity index (χ1) is 16.9. The molecule has 178 valence electrons. The van der Waals surface area contributed by atoms with Crippen LogP contribution in [0.4, 0.5) is 0 Å². The number of carboxylic acids is 1. The highest BCUT2D eigenvalue weighted by Gasteiger charge is 2.13. The topological polar surface area (TPSA) is 124 Å². The largest absolute Gasteiger partial charge is 0.505 e. The molecule has 1 aromatic heterocycles. The van der Waals surface area contributed by atoms with E-state index in [1.807, 2.05) is 0 Å². The summed E-state index contributed by atoms with van der Waals surface area (Å²) in [5.74, 6) is -0.857. The zero-order valence-electron chi connectivity index (χ0n) is 18.8. The third-order valence-corrected chi connectivity index (χ3v) is 5.18. The summed E-state index contributed by atoms with van der Waals surface area (Å²) >= 11 is 0. The lowest BCUT2D eigenvalue weighted by Gasteiger charge is -2.07. The summed E-state index contributed by atoms with van der Waals surface area (Å²) in [5.41, 5.74) is 2.09. The molecule has 0 aliphatic rings. The third kappa shape index (κ3) is 5.83. The van der Waals surface area contributed by atoms with Crippen molar-refractivity contribution in [3.8, 4) is 22.9 Å². The van der Waals surface area contributed by atoms with Gasteiger partial charge in [0.2, 0.25) is 0 Å². The molecule has 4 aromatic rings. The number of rotatable bonds is 10. The number of carboxylic acid groups (broad SMARTS) is 1. The van der Waals surface area contributed by atoms with Crippen LogP contribution in [0.2, 0.25) is 0 Å². The zero-order chi connectivity index (χ0) is 24.8. The van der Waals surface area contributed by atoms with E-state index in [4.69, 9.17) is 14.6 Å². The highest BCUT2D eigenvalue weighted by atomic mass is 16.5. The maximum absolute atomic E-state index is 12.2. The van der Waals surface area contributed by atoms with Crippen LogP contribution in [0.25, 0.3) is 16.7 Å². The van der Waals surface area contributed by atoms with Gasteiger partial charge in [-0.1, -0.05) is 24.8 Å². The van der Waals surface area contributed by atoms with Crippen LogP contribution in [-0.4, -0.2) is 43.8 Å². The molecule has 0 saturated carbocycles. The van der Waals surface area contributed by atoms with Crippen LogP contribution < -0.4 is 9.47 Å². The van der Waals surface area contributed by atoms with Gasteiger partial charge in [-0.25, -0.2) is 9.59 Å². The Morgan fingerprint density at radius 3 is 2.40 bits per heavy atom. The maximum atomic E-state index is 12.2. The molecule has 0 unspecified atom stereocenters. The number of carbonyl (C=O) groups excluding carboxylic acids is 1. The Bertz CT molecular complexity index is 1380. The average molecular weight is 473 g/mol. The Kier molecular flexibility index (Phi) is 7.06. The number of ether oxygens (including phenoxy) is 2. The number of unbranched alkanes of at least 4 members (excludes halogenated alkanes) is 1. The molecule has 0 fully saturated rings. The fraction of sp³-hybridized carbons (Fsp3) is 0.154. The monoisotopic (exact) mass is 473 g/mol. The molecule has 35 heavy (non-hydrogen) atoms. The number of aromatic nitrogens is 3. The van der Waals surface area contributed by atoms with E-state index >= 15 is 0 Å². The van der Waals surface area contributed by atoms with Crippen LogP contribution in [-0.2, 0) is 4.79 Å². The van der Waals surface area contributed by atoms with Gasteiger partial charge in [0.25, 0.3) is 0 Å². The van der Waals surface area contributed by atoms with Crippen molar-refractivity contribution in [3.05, 3.63) is 84.4 Å². The Labute approximate surface area is 200 Å². The smallest absolute Gasteiger partial charge is 0.343 e. The molecule has 0 aliphatic carbocycles. The van der Waals surface area contributed by atoms with Crippen molar-refractivity contribution < 1.29 is 29.3 Å². The summed E-state index contributed by atoms with van der Waals surface area (Å²) in [7, 11) is 0. The van der Waals surface area contributed by atoms with Crippen LogP contribution in [0, 0.1) is 0 Å². The number of carbonyl (C=O) groups is 2. The van der Waals surface area contributed by atoms with Gasteiger partial charge in [-0.2, -0.15) is 0 Å². The SMILES string of the molecule is C=C(CCCCOc1ccc2nn(-c3ccc(OC(=O)c4ccccc4)cc3O)nc2c1)C(=O)O. The minimum absolute atomic E-state index is 0.150. The number of fused-ring (bicyclic) bond motifs is 1. The number of aromatic hydroxyl groups is 1. The lowest BCUT2D eigenvalue weighted by Crippen LogP contribution is -2.08. The molecule has 0 aliphatic heterocycles. The molecule has 0 radical (unpaired) electrons. The summed E-state index contributed by atoms with van der Waals surface area (Å²) in [6.07, 6.45) is 1.77. The minimum Gasteiger partial charge on any atom is -0.505 e. The normalized spacial score (nSPS) is 10.7. The second-order valence-electron chi connectivity index (χ2n) is 7.76. The zero-order valence-corrected chi connectivity index (χ0v) is 18.8. The molecule has 0 amide bonds. The lowest BCUT2D eigenvalue weighted by atomic mass is 10.1. The van der Waals surface area contributed by atoms with Gasteiger partial charge in [-0.15, -0.1) is 15.0 Å². The van der Waals surface area contributed by atoms with Crippen molar-refractivity contribution in [2.75, 3.05) is 6.61 Å². The van der Waals surface area contributed by atoms with Crippen LogP contribution in [0.5, 0.6) is 17.2 Å². The van der Waals surface area contributed by atoms with Crippen molar-refractivity contribution in [1.29, 1.82) is 0 Å². The highest BCUT2D eigenvalue weighted by Crippen LogP contribution is 2.28. The minimum atomic E-state index is -0.978. The Balaban J connectivity index is 1.40. The van der Waals surface area contributed by atoms with E-state index in [0.717, 1.165) is 0 Å². The number of esters is 1. The molecular weight excluding hydrogens is 450 g/mol. The van der Waals surface area contributed by atoms with Gasteiger partial charge in [-0.05, 0) is 55.7 Å². The molecular formula is C26H23N3O6. The fourth-order valence-corrected chi connectivity index (χ4v) is 3.31. The molecule has 1 heterocycles. The van der Waals surface area contributed by atoms with Crippen molar-refractivity contribution >= 4 is 23.0 Å². The third-order valence-electron chi connectivity index (χ3n) is 5.18. The number of benzene rings is 3. The summed E-state index contributed by atoms with van der Waals surface area (Å²) < 4.78 is 11.1. The highest BCUT2D eigenvalue weighted by molar-refractivity contribution is 5.91. The molecule has 0 spiro atoms. The van der Waals surface area contributed by atoms with Crippen LogP contribution >= 0.6 is 0 Å². The second-order valence-corrected chi connectivity index (χ2v) is 7.76. The number of hydrogen-bond acceptors (Lipinski definition) is 7. The molecule has 9 heteroatoms. The second kappa shape index (κ2) is 10.5. The first-order valence-electron chi connectivity index (χ1n) is 10.9.